The Morgan fingerprint density at radius 1 is 1.12 bits per heavy atom. The van der Waals surface area contributed by atoms with Crippen LogP contribution in [0.5, 0.6) is 0 Å². The average molecular weight is 325 g/mol. The molecule has 0 spiro atoms. The van der Waals surface area contributed by atoms with Gasteiger partial charge in [-0.05, 0) is 29.7 Å². The van der Waals surface area contributed by atoms with Gasteiger partial charge < -0.3 is 16.4 Å². The van der Waals surface area contributed by atoms with Crippen molar-refractivity contribution in [1.29, 1.82) is 0 Å². The summed E-state index contributed by atoms with van der Waals surface area (Å²) in [7, 11) is 0. The molecule has 0 bridgehead atoms. The number of aryl methyl sites for hydroxylation is 1. The van der Waals surface area contributed by atoms with Crippen molar-refractivity contribution in [3.8, 4) is 0 Å². The van der Waals surface area contributed by atoms with Crippen LogP contribution in [0, 0.1) is 6.92 Å². The Kier molecular flexibility index (Phi) is 5.95. The van der Waals surface area contributed by atoms with E-state index in [1.807, 2.05) is 55.5 Å². The maximum Gasteiger partial charge on any atom is 0.247 e. The summed E-state index contributed by atoms with van der Waals surface area (Å²) in [6, 6.07) is 14.2. The van der Waals surface area contributed by atoms with Crippen LogP contribution in [0.4, 0.5) is 5.69 Å². The third-order valence-corrected chi connectivity index (χ3v) is 3.82. The topological polar surface area (TPSA) is 84.2 Å². The first-order valence-corrected chi connectivity index (χ1v) is 7.98. The quantitative estimate of drug-likeness (QED) is 0.713. The predicted molar refractivity (Wildman–Crippen MR) is 95.1 cm³/mol. The molecule has 0 radical (unpaired) electrons. The molecule has 0 aliphatic rings. The fraction of sp³-hybridized carbons (Fsp3) is 0.263. The summed E-state index contributed by atoms with van der Waals surface area (Å²) in [5, 5.41) is 5.65. The second-order valence-corrected chi connectivity index (χ2v) is 5.67. The largest absolute Gasteiger partial charge is 0.399 e. The number of carbonyl (C=O) groups excluding carboxylic acids is 2. The number of hydrogen-bond donors (Lipinski definition) is 3. The van der Waals surface area contributed by atoms with Gasteiger partial charge in [0, 0.05) is 18.7 Å². The Morgan fingerprint density at radius 3 is 2.46 bits per heavy atom. The second-order valence-electron chi connectivity index (χ2n) is 5.67. The molecule has 0 fully saturated rings. The highest BCUT2D eigenvalue weighted by atomic mass is 16.2. The first kappa shape index (κ1) is 17.5. The van der Waals surface area contributed by atoms with Crippen LogP contribution in [0.3, 0.4) is 0 Å². The van der Waals surface area contributed by atoms with Crippen LogP contribution in [0.15, 0.2) is 48.5 Å². The van der Waals surface area contributed by atoms with Crippen LogP contribution in [0.2, 0.25) is 0 Å². The van der Waals surface area contributed by atoms with Crippen LogP contribution in [0.25, 0.3) is 0 Å². The first-order valence-electron chi connectivity index (χ1n) is 7.98. The van der Waals surface area contributed by atoms with E-state index in [9.17, 15) is 9.59 Å². The highest BCUT2D eigenvalue weighted by molar-refractivity contribution is 5.88. The lowest BCUT2D eigenvalue weighted by Crippen LogP contribution is -2.39. The molecular weight excluding hydrogens is 302 g/mol. The molecule has 5 heteroatoms. The molecule has 0 saturated carbocycles. The van der Waals surface area contributed by atoms with E-state index in [1.54, 1.807) is 6.92 Å². The van der Waals surface area contributed by atoms with Crippen molar-refractivity contribution in [2.45, 2.75) is 32.9 Å². The van der Waals surface area contributed by atoms with Gasteiger partial charge >= 0.3 is 0 Å². The molecule has 0 aliphatic carbocycles. The molecule has 5 nitrogen and oxygen atoms in total. The summed E-state index contributed by atoms with van der Waals surface area (Å²) >= 11 is 0. The van der Waals surface area contributed by atoms with Gasteiger partial charge in [-0.15, -0.1) is 0 Å². The molecule has 126 valence electrons. The van der Waals surface area contributed by atoms with E-state index in [1.165, 1.54) is 0 Å². The summed E-state index contributed by atoms with van der Waals surface area (Å²) < 4.78 is 0. The number of amides is 2. The maximum absolute atomic E-state index is 12.6. The summed E-state index contributed by atoms with van der Waals surface area (Å²) in [4.78, 5) is 24.3. The number of hydrogen-bond acceptors (Lipinski definition) is 3. The second kappa shape index (κ2) is 8.15. The number of nitrogens with one attached hydrogen (secondary N) is 2. The van der Waals surface area contributed by atoms with Gasteiger partial charge in [0.25, 0.3) is 0 Å². The van der Waals surface area contributed by atoms with Crippen molar-refractivity contribution >= 4 is 17.5 Å². The molecule has 0 aliphatic heterocycles. The van der Waals surface area contributed by atoms with E-state index in [0.29, 0.717) is 13.0 Å². The normalized spacial score (nSPS) is 11.6. The zero-order valence-electron chi connectivity index (χ0n) is 14.0. The molecular formula is C19H23N3O2. The van der Waals surface area contributed by atoms with Crippen LogP contribution < -0.4 is 16.4 Å². The minimum absolute atomic E-state index is 0.165. The van der Waals surface area contributed by atoms with Gasteiger partial charge in [0.15, 0.2) is 0 Å². The highest BCUT2D eigenvalue weighted by Crippen LogP contribution is 2.15. The van der Waals surface area contributed by atoms with Crippen molar-refractivity contribution in [3.05, 3.63) is 65.2 Å². The average Bonchev–Trinajstić information content (AvgIpc) is 2.60. The molecule has 24 heavy (non-hydrogen) atoms. The molecule has 1 atom stereocenters. The SMILES string of the molecule is CCC(=O)NC(C(=O)NCc1ccc(N)c(C)c1)c1ccccc1. The molecule has 0 saturated heterocycles. The zero-order chi connectivity index (χ0) is 17.5. The monoisotopic (exact) mass is 325 g/mol. The molecule has 1 unspecified atom stereocenters. The van der Waals surface area contributed by atoms with E-state index in [2.05, 4.69) is 10.6 Å². The van der Waals surface area contributed by atoms with Crippen LogP contribution >= 0.6 is 0 Å². The van der Waals surface area contributed by atoms with Crippen LogP contribution in [-0.2, 0) is 16.1 Å². The van der Waals surface area contributed by atoms with Crippen LogP contribution in [-0.4, -0.2) is 11.8 Å². The molecule has 0 heterocycles. The summed E-state index contributed by atoms with van der Waals surface area (Å²) in [5.74, 6) is -0.403. The van der Waals surface area contributed by atoms with Gasteiger partial charge in [0.05, 0.1) is 0 Å². The smallest absolute Gasteiger partial charge is 0.247 e. The van der Waals surface area contributed by atoms with E-state index >= 15 is 0 Å². The predicted octanol–water partition coefficient (Wildman–Crippen LogP) is 2.46. The maximum atomic E-state index is 12.6. The van der Waals surface area contributed by atoms with Crippen LogP contribution in [0.1, 0.15) is 36.1 Å². The molecule has 2 aromatic rings. The molecule has 2 aromatic carbocycles. The third-order valence-electron chi connectivity index (χ3n) is 3.82. The fourth-order valence-electron chi connectivity index (χ4n) is 2.35. The molecule has 0 aromatic heterocycles. The Morgan fingerprint density at radius 2 is 1.83 bits per heavy atom. The number of carbonyl (C=O) groups is 2. The van der Waals surface area contributed by atoms with E-state index in [-0.39, 0.29) is 11.8 Å². The van der Waals surface area contributed by atoms with E-state index < -0.39 is 6.04 Å². The number of nitrogen functional groups attached to an aromatic ring is 1. The first-order chi connectivity index (χ1) is 11.5. The number of anilines is 1. The van der Waals surface area contributed by atoms with Gasteiger partial charge in [-0.2, -0.15) is 0 Å². The fourth-order valence-corrected chi connectivity index (χ4v) is 2.35. The molecule has 2 amide bonds. The lowest BCUT2D eigenvalue weighted by molar-refractivity contribution is -0.129. The Hall–Kier alpha value is -2.82. The van der Waals surface area contributed by atoms with E-state index in [0.717, 1.165) is 22.4 Å². The Labute approximate surface area is 142 Å². The Bertz CT molecular complexity index is 714. The zero-order valence-corrected chi connectivity index (χ0v) is 14.0. The van der Waals surface area contributed by atoms with Crippen molar-refractivity contribution in [1.82, 2.24) is 10.6 Å². The minimum Gasteiger partial charge on any atom is -0.399 e. The third kappa shape index (κ3) is 4.59. The van der Waals surface area contributed by atoms with Crippen molar-refractivity contribution < 1.29 is 9.59 Å². The Balaban J connectivity index is 2.09. The summed E-state index contributed by atoms with van der Waals surface area (Å²) in [5.41, 5.74) is 9.22. The summed E-state index contributed by atoms with van der Waals surface area (Å²) in [6.07, 6.45) is 0.327. The van der Waals surface area contributed by atoms with Gasteiger partial charge in [0.1, 0.15) is 6.04 Å². The molecule has 2 rings (SSSR count). The van der Waals surface area contributed by atoms with Crippen molar-refractivity contribution in [2.24, 2.45) is 0 Å². The van der Waals surface area contributed by atoms with Crippen molar-refractivity contribution in [3.63, 3.8) is 0 Å². The van der Waals surface area contributed by atoms with Gasteiger partial charge in [-0.3, -0.25) is 9.59 Å². The van der Waals surface area contributed by atoms with Gasteiger partial charge in [-0.25, -0.2) is 0 Å². The summed E-state index contributed by atoms with van der Waals surface area (Å²) in [6.45, 7) is 4.06. The highest BCUT2D eigenvalue weighted by Gasteiger charge is 2.21. The van der Waals surface area contributed by atoms with E-state index in [4.69, 9.17) is 5.73 Å². The molecule has 4 N–H and O–H groups in total. The van der Waals surface area contributed by atoms with Crippen molar-refractivity contribution in [2.75, 3.05) is 5.73 Å². The minimum atomic E-state index is -0.700. The lowest BCUT2D eigenvalue weighted by Gasteiger charge is -2.19. The van der Waals surface area contributed by atoms with Gasteiger partial charge in [0.2, 0.25) is 11.8 Å². The standard InChI is InChI=1S/C19H23N3O2/c1-3-17(23)22-18(15-7-5-4-6-8-15)19(24)21-12-14-9-10-16(20)13(2)11-14/h4-11,18H,3,12,20H2,1-2H3,(H,21,24)(H,22,23). The number of nitrogens with two attached hydrogens (primary N) is 1. The number of benzene rings is 2. The number of rotatable bonds is 6. The lowest BCUT2D eigenvalue weighted by atomic mass is 10.1. The van der Waals surface area contributed by atoms with Gasteiger partial charge in [-0.1, -0.05) is 49.4 Å².